The second-order valence-corrected chi connectivity index (χ2v) is 7.83. The van der Waals surface area contributed by atoms with Crippen LogP contribution in [0.3, 0.4) is 0 Å². The van der Waals surface area contributed by atoms with E-state index in [0.29, 0.717) is 44.5 Å². The van der Waals surface area contributed by atoms with Crippen LogP contribution >= 0.6 is 24.0 Å². The summed E-state index contributed by atoms with van der Waals surface area (Å²) in [6.07, 6.45) is 0.822. The van der Waals surface area contributed by atoms with Gasteiger partial charge in [-0.2, -0.15) is 0 Å². The summed E-state index contributed by atoms with van der Waals surface area (Å²) < 4.78 is 5.01. The van der Waals surface area contributed by atoms with Gasteiger partial charge in [0.15, 0.2) is 5.96 Å². The van der Waals surface area contributed by atoms with Crippen molar-refractivity contribution >= 4 is 47.6 Å². The minimum atomic E-state index is -0.416. The van der Waals surface area contributed by atoms with Gasteiger partial charge in [0.25, 0.3) is 0 Å². The van der Waals surface area contributed by atoms with Crippen LogP contribution in [-0.4, -0.2) is 50.2 Å². The van der Waals surface area contributed by atoms with E-state index in [1.165, 1.54) is 0 Å². The molecule has 174 valence electrons. The standard InChI is InChI=1S/C22H35N5O3.HI/c1-5-23-21(25-14-17(11-15(3)4)26-22(29)30-6-2)24-13-16-12-20(28)27-19-10-8-7-9-18(16)19;/h7-10,15-17H,5-6,11-14H2,1-4H3,(H,26,29)(H,27,28)(H2,23,24,25);1H. The number of amides is 2. The van der Waals surface area contributed by atoms with Crippen molar-refractivity contribution < 1.29 is 14.3 Å². The highest BCUT2D eigenvalue weighted by atomic mass is 127. The average molecular weight is 545 g/mol. The maximum absolute atomic E-state index is 12.0. The quantitative estimate of drug-likeness (QED) is 0.216. The van der Waals surface area contributed by atoms with E-state index in [0.717, 1.165) is 17.7 Å². The fourth-order valence-electron chi connectivity index (χ4n) is 3.53. The van der Waals surface area contributed by atoms with E-state index in [4.69, 9.17) is 4.74 Å². The summed E-state index contributed by atoms with van der Waals surface area (Å²) in [6.45, 7) is 10.1. The molecule has 2 unspecified atom stereocenters. The van der Waals surface area contributed by atoms with Gasteiger partial charge in [0, 0.05) is 31.1 Å². The molecule has 0 saturated carbocycles. The number of carbonyl (C=O) groups excluding carboxylic acids is 2. The van der Waals surface area contributed by atoms with Crippen LogP contribution in [0.1, 0.15) is 52.0 Å². The lowest BCUT2D eigenvalue weighted by molar-refractivity contribution is -0.116. The Morgan fingerprint density at radius 1 is 1.26 bits per heavy atom. The van der Waals surface area contributed by atoms with Crippen molar-refractivity contribution in [1.82, 2.24) is 16.0 Å². The molecule has 1 aliphatic rings. The second kappa shape index (κ2) is 14.1. The number of nitrogens with zero attached hydrogens (tertiary/aromatic N) is 1. The van der Waals surface area contributed by atoms with Gasteiger partial charge < -0.3 is 26.0 Å². The molecule has 2 atom stereocenters. The molecule has 1 aromatic carbocycles. The average Bonchev–Trinajstić information content (AvgIpc) is 2.69. The fraction of sp³-hybridized carbons (Fsp3) is 0.591. The molecule has 8 nitrogen and oxygen atoms in total. The van der Waals surface area contributed by atoms with E-state index in [-0.39, 0.29) is 41.8 Å². The molecule has 0 bridgehead atoms. The van der Waals surface area contributed by atoms with Gasteiger partial charge in [-0.15, -0.1) is 24.0 Å². The molecule has 0 spiro atoms. The minimum absolute atomic E-state index is 0. The molecule has 1 aromatic rings. The number of anilines is 1. The first-order valence-electron chi connectivity index (χ1n) is 10.8. The van der Waals surface area contributed by atoms with Gasteiger partial charge in [0.05, 0.1) is 19.2 Å². The van der Waals surface area contributed by atoms with Crippen molar-refractivity contribution in [3.8, 4) is 0 Å². The zero-order chi connectivity index (χ0) is 21.9. The topological polar surface area (TPSA) is 104 Å². The minimum Gasteiger partial charge on any atom is -0.450 e. The summed E-state index contributed by atoms with van der Waals surface area (Å²) in [4.78, 5) is 28.5. The molecule has 0 aliphatic carbocycles. The van der Waals surface area contributed by atoms with Crippen molar-refractivity contribution in [2.75, 3.05) is 31.6 Å². The number of halogens is 1. The van der Waals surface area contributed by atoms with Gasteiger partial charge in [-0.25, -0.2) is 4.79 Å². The van der Waals surface area contributed by atoms with Crippen LogP contribution in [0.2, 0.25) is 0 Å². The van der Waals surface area contributed by atoms with E-state index in [9.17, 15) is 9.59 Å². The summed E-state index contributed by atoms with van der Waals surface area (Å²) in [5.41, 5.74) is 2.00. The second-order valence-electron chi connectivity index (χ2n) is 7.83. The van der Waals surface area contributed by atoms with Crippen LogP contribution < -0.4 is 21.3 Å². The third-order valence-electron chi connectivity index (χ3n) is 4.79. The Morgan fingerprint density at radius 2 is 2.00 bits per heavy atom. The zero-order valence-electron chi connectivity index (χ0n) is 18.9. The molecule has 2 rings (SSSR count). The molecular formula is C22H36IN5O3. The molecule has 1 heterocycles. The third kappa shape index (κ3) is 9.32. The highest BCUT2D eigenvalue weighted by Gasteiger charge is 2.24. The molecule has 0 fully saturated rings. The van der Waals surface area contributed by atoms with Gasteiger partial charge in [0.2, 0.25) is 5.91 Å². The lowest BCUT2D eigenvalue weighted by Crippen LogP contribution is -2.43. The molecule has 1 aliphatic heterocycles. The third-order valence-corrected chi connectivity index (χ3v) is 4.79. The molecule has 0 aromatic heterocycles. The highest BCUT2D eigenvalue weighted by Crippen LogP contribution is 2.31. The fourth-order valence-corrected chi connectivity index (χ4v) is 3.53. The highest BCUT2D eigenvalue weighted by molar-refractivity contribution is 14.0. The van der Waals surface area contributed by atoms with Crippen molar-refractivity contribution in [1.29, 1.82) is 0 Å². The Labute approximate surface area is 202 Å². The van der Waals surface area contributed by atoms with E-state index in [1.807, 2.05) is 31.2 Å². The van der Waals surface area contributed by atoms with Crippen LogP contribution in [0.5, 0.6) is 0 Å². The number of carbonyl (C=O) groups is 2. The number of ether oxygens (including phenoxy) is 1. The summed E-state index contributed by atoms with van der Waals surface area (Å²) >= 11 is 0. The summed E-state index contributed by atoms with van der Waals surface area (Å²) in [5.74, 6) is 1.18. The Hall–Kier alpha value is -2.04. The number of hydrogen-bond acceptors (Lipinski definition) is 4. The van der Waals surface area contributed by atoms with Gasteiger partial charge in [-0.3, -0.25) is 9.79 Å². The number of guanidine groups is 1. The normalized spacial score (nSPS) is 16.5. The Bertz CT molecular complexity index is 742. The van der Waals surface area contributed by atoms with Crippen LogP contribution in [0.4, 0.5) is 10.5 Å². The smallest absolute Gasteiger partial charge is 0.407 e. The Balaban J connectivity index is 0.00000480. The van der Waals surface area contributed by atoms with Crippen molar-refractivity contribution in [3.05, 3.63) is 29.8 Å². The van der Waals surface area contributed by atoms with Crippen LogP contribution in [0, 0.1) is 5.92 Å². The van der Waals surface area contributed by atoms with Crippen molar-refractivity contribution in [3.63, 3.8) is 0 Å². The molecule has 0 saturated heterocycles. The Kier molecular flexibility index (Phi) is 12.3. The largest absolute Gasteiger partial charge is 0.450 e. The van der Waals surface area contributed by atoms with Crippen LogP contribution in [0.15, 0.2) is 29.3 Å². The van der Waals surface area contributed by atoms with E-state index >= 15 is 0 Å². The SMILES string of the molecule is CCNC(=NCC(CC(C)C)NC(=O)OCC)NCC1CC(=O)Nc2ccccc21.I. The van der Waals surface area contributed by atoms with Gasteiger partial charge >= 0.3 is 6.09 Å². The maximum atomic E-state index is 12.0. The number of benzene rings is 1. The number of rotatable bonds is 9. The van der Waals surface area contributed by atoms with Crippen molar-refractivity contribution in [2.24, 2.45) is 10.9 Å². The maximum Gasteiger partial charge on any atom is 0.407 e. The molecule has 2 amide bonds. The summed E-state index contributed by atoms with van der Waals surface area (Å²) in [6, 6.07) is 7.77. The van der Waals surface area contributed by atoms with Gasteiger partial charge in [0.1, 0.15) is 0 Å². The molecule has 31 heavy (non-hydrogen) atoms. The van der Waals surface area contributed by atoms with Crippen molar-refractivity contribution in [2.45, 2.75) is 52.5 Å². The van der Waals surface area contributed by atoms with Gasteiger partial charge in [-0.05, 0) is 37.8 Å². The number of nitrogens with one attached hydrogen (secondary N) is 4. The molecule has 4 N–H and O–H groups in total. The number of fused-ring (bicyclic) bond motifs is 1. The van der Waals surface area contributed by atoms with E-state index in [2.05, 4.69) is 40.1 Å². The van der Waals surface area contributed by atoms with Crippen LogP contribution in [0.25, 0.3) is 0 Å². The lowest BCUT2D eigenvalue weighted by Gasteiger charge is -2.26. The Morgan fingerprint density at radius 3 is 2.68 bits per heavy atom. The predicted molar refractivity (Wildman–Crippen MR) is 135 cm³/mol. The summed E-state index contributed by atoms with van der Waals surface area (Å²) in [7, 11) is 0. The first kappa shape index (κ1) is 27.0. The van der Waals surface area contributed by atoms with E-state index in [1.54, 1.807) is 6.92 Å². The number of hydrogen-bond donors (Lipinski definition) is 4. The molecule has 0 radical (unpaired) electrons. The molecular weight excluding hydrogens is 509 g/mol. The predicted octanol–water partition coefficient (Wildman–Crippen LogP) is 3.45. The number of aliphatic imine (C=N–C) groups is 1. The van der Waals surface area contributed by atoms with E-state index < -0.39 is 6.09 Å². The number of para-hydroxylation sites is 1. The lowest BCUT2D eigenvalue weighted by atomic mass is 9.90. The first-order chi connectivity index (χ1) is 14.4. The first-order valence-corrected chi connectivity index (χ1v) is 10.8. The van der Waals surface area contributed by atoms with Crippen LogP contribution in [-0.2, 0) is 9.53 Å². The zero-order valence-corrected chi connectivity index (χ0v) is 21.2. The number of alkyl carbamates (subject to hydrolysis) is 1. The molecule has 9 heteroatoms. The summed E-state index contributed by atoms with van der Waals surface area (Å²) in [5, 5.41) is 12.4. The van der Waals surface area contributed by atoms with Gasteiger partial charge in [-0.1, -0.05) is 32.0 Å². The monoisotopic (exact) mass is 545 g/mol.